The van der Waals surface area contributed by atoms with E-state index < -0.39 is 0 Å². The van der Waals surface area contributed by atoms with Crippen LogP contribution in [0.1, 0.15) is 13.3 Å². The SMILES string of the molecule is CCCN(Cl)N(C)C.Cl. The van der Waals surface area contributed by atoms with Crippen LogP contribution in [0.2, 0.25) is 0 Å². The molecular formula is C5H14Cl2N2. The van der Waals surface area contributed by atoms with Crippen molar-refractivity contribution in [2.75, 3.05) is 20.6 Å². The molecule has 0 aromatic heterocycles. The van der Waals surface area contributed by atoms with Crippen LogP contribution in [0.15, 0.2) is 0 Å². The number of halogens is 2. The van der Waals surface area contributed by atoms with Crippen molar-refractivity contribution in [2.45, 2.75) is 13.3 Å². The van der Waals surface area contributed by atoms with Gasteiger partial charge in [0.15, 0.2) is 0 Å². The molecule has 0 saturated heterocycles. The topological polar surface area (TPSA) is 6.48 Å². The molecule has 0 aliphatic heterocycles. The molecule has 0 aliphatic rings. The van der Waals surface area contributed by atoms with E-state index in [1.807, 2.05) is 19.1 Å². The van der Waals surface area contributed by atoms with Crippen LogP contribution >= 0.6 is 24.2 Å². The lowest BCUT2D eigenvalue weighted by Gasteiger charge is -2.19. The predicted molar refractivity (Wildman–Crippen MR) is 43.8 cm³/mol. The highest BCUT2D eigenvalue weighted by molar-refractivity contribution is 6.12. The Hall–Kier alpha value is 0.500. The summed E-state index contributed by atoms with van der Waals surface area (Å²) < 4.78 is 1.65. The molecule has 0 heterocycles. The lowest BCUT2D eigenvalue weighted by molar-refractivity contribution is 0.132. The molecular weight excluding hydrogens is 159 g/mol. The molecule has 0 rings (SSSR count). The molecule has 0 aromatic carbocycles. The Labute approximate surface area is 68.3 Å². The van der Waals surface area contributed by atoms with Gasteiger partial charge >= 0.3 is 0 Å². The summed E-state index contributed by atoms with van der Waals surface area (Å²) in [5.74, 6) is 0. The van der Waals surface area contributed by atoms with Gasteiger partial charge in [0.1, 0.15) is 0 Å². The molecule has 0 spiro atoms. The van der Waals surface area contributed by atoms with E-state index >= 15 is 0 Å². The third-order valence-corrected chi connectivity index (χ3v) is 1.31. The van der Waals surface area contributed by atoms with Crippen LogP contribution in [0.25, 0.3) is 0 Å². The van der Waals surface area contributed by atoms with E-state index in [0.29, 0.717) is 0 Å². The zero-order valence-electron chi connectivity index (χ0n) is 6.09. The fraction of sp³-hybridized carbons (Fsp3) is 1.00. The molecule has 58 valence electrons. The maximum Gasteiger partial charge on any atom is 0.0295 e. The predicted octanol–water partition coefficient (Wildman–Crippen LogP) is 1.75. The fourth-order valence-corrected chi connectivity index (χ4v) is 0.554. The first kappa shape index (κ1) is 12.2. The van der Waals surface area contributed by atoms with E-state index in [1.165, 1.54) is 0 Å². The standard InChI is InChI=1S/C5H13ClN2.ClH/c1-4-5-8(6)7(2)3;/h4-5H2,1-3H3;1H. The first-order chi connectivity index (χ1) is 3.68. The van der Waals surface area contributed by atoms with E-state index in [0.717, 1.165) is 13.0 Å². The second kappa shape index (κ2) is 6.62. The van der Waals surface area contributed by atoms with E-state index in [2.05, 4.69) is 6.92 Å². The highest BCUT2D eigenvalue weighted by atomic mass is 35.5. The molecule has 0 aromatic rings. The third kappa shape index (κ3) is 6.38. The van der Waals surface area contributed by atoms with E-state index in [-0.39, 0.29) is 12.4 Å². The Bertz CT molecular complexity index is 58.9. The Morgan fingerprint density at radius 2 is 1.78 bits per heavy atom. The summed E-state index contributed by atoms with van der Waals surface area (Å²) in [5, 5.41) is 1.85. The molecule has 0 unspecified atom stereocenters. The highest BCUT2D eigenvalue weighted by Gasteiger charge is 1.98. The Morgan fingerprint density at radius 3 is 1.89 bits per heavy atom. The summed E-state index contributed by atoms with van der Waals surface area (Å²) in [7, 11) is 3.84. The zero-order chi connectivity index (χ0) is 6.57. The van der Waals surface area contributed by atoms with Crippen molar-refractivity contribution in [3.63, 3.8) is 0 Å². The summed E-state index contributed by atoms with van der Waals surface area (Å²) in [5.41, 5.74) is 0. The minimum absolute atomic E-state index is 0. The fourth-order valence-electron chi connectivity index (χ4n) is 0.385. The van der Waals surface area contributed by atoms with Crippen molar-refractivity contribution in [3.8, 4) is 0 Å². The molecule has 0 radical (unpaired) electrons. The van der Waals surface area contributed by atoms with Crippen LogP contribution in [-0.4, -0.2) is 30.2 Å². The van der Waals surface area contributed by atoms with Crippen LogP contribution in [-0.2, 0) is 0 Å². The lowest BCUT2D eigenvalue weighted by atomic mass is 10.5. The third-order valence-electron chi connectivity index (χ3n) is 0.842. The van der Waals surface area contributed by atoms with Crippen LogP contribution in [0.3, 0.4) is 0 Å². The van der Waals surface area contributed by atoms with Gasteiger partial charge in [-0.05, 0) is 18.2 Å². The van der Waals surface area contributed by atoms with E-state index in [4.69, 9.17) is 11.8 Å². The van der Waals surface area contributed by atoms with Crippen molar-refractivity contribution in [1.29, 1.82) is 0 Å². The quantitative estimate of drug-likeness (QED) is 0.473. The van der Waals surface area contributed by atoms with Crippen LogP contribution < -0.4 is 0 Å². The van der Waals surface area contributed by atoms with Gasteiger partial charge in [0, 0.05) is 20.6 Å². The molecule has 2 nitrogen and oxygen atoms in total. The molecule has 0 bridgehead atoms. The highest BCUT2D eigenvalue weighted by Crippen LogP contribution is 1.96. The van der Waals surface area contributed by atoms with Gasteiger partial charge in [0.05, 0.1) is 0 Å². The van der Waals surface area contributed by atoms with Gasteiger partial charge in [-0.25, -0.2) is 5.01 Å². The van der Waals surface area contributed by atoms with Gasteiger partial charge in [-0.1, -0.05) is 6.92 Å². The van der Waals surface area contributed by atoms with Gasteiger partial charge in [0.25, 0.3) is 0 Å². The van der Waals surface area contributed by atoms with Gasteiger partial charge in [0.2, 0.25) is 0 Å². The van der Waals surface area contributed by atoms with E-state index in [1.54, 1.807) is 4.53 Å². The number of nitrogens with zero attached hydrogens (tertiary/aromatic N) is 2. The number of rotatable bonds is 3. The summed E-state index contributed by atoms with van der Waals surface area (Å²) in [4.78, 5) is 0. The van der Waals surface area contributed by atoms with Crippen LogP contribution in [0.4, 0.5) is 0 Å². The van der Waals surface area contributed by atoms with Gasteiger partial charge in [-0.15, -0.1) is 12.4 Å². The second-order valence-corrected chi connectivity index (χ2v) is 2.30. The van der Waals surface area contributed by atoms with Crippen molar-refractivity contribution in [2.24, 2.45) is 0 Å². The van der Waals surface area contributed by atoms with E-state index in [9.17, 15) is 0 Å². The van der Waals surface area contributed by atoms with Crippen LogP contribution in [0, 0.1) is 0 Å². The summed E-state index contributed by atoms with van der Waals surface area (Å²) in [6, 6.07) is 0. The zero-order valence-corrected chi connectivity index (χ0v) is 7.67. The maximum atomic E-state index is 5.68. The monoisotopic (exact) mass is 172 g/mol. The summed E-state index contributed by atoms with van der Waals surface area (Å²) in [6.07, 6.45) is 1.08. The van der Waals surface area contributed by atoms with Crippen molar-refractivity contribution < 1.29 is 0 Å². The van der Waals surface area contributed by atoms with Crippen molar-refractivity contribution in [1.82, 2.24) is 9.54 Å². The average molecular weight is 173 g/mol. The van der Waals surface area contributed by atoms with Crippen molar-refractivity contribution in [3.05, 3.63) is 0 Å². The molecule has 4 heteroatoms. The Kier molecular flexibility index (Phi) is 8.97. The molecule has 0 saturated carbocycles. The average Bonchev–Trinajstić information content (AvgIpc) is 1.67. The second-order valence-electron chi connectivity index (χ2n) is 1.91. The minimum Gasteiger partial charge on any atom is -0.234 e. The molecule has 0 aliphatic carbocycles. The smallest absolute Gasteiger partial charge is 0.0295 e. The number of hydrogen-bond acceptors (Lipinski definition) is 2. The molecule has 0 fully saturated rings. The Morgan fingerprint density at radius 1 is 1.33 bits per heavy atom. The minimum atomic E-state index is 0. The molecule has 9 heavy (non-hydrogen) atoms. The summed E-state index contributed by atoms with van der Waals surface area (Å²) in [6.45, 7) is 3.01. The number of hydrogen-bond donors (Lipinski definition) is 0. The Balaban J connectivity index is 0. The first-order valence-corrected chi connectivity index (χ1v) is 3.12. The van der Waals surface area contributed by atoms with Gasteiger partial charge in [-0.2, -0.15) is 4.53 Å². The normalized spacial score (nSPS) is 10.0. The van der Waals surface area contributed by atoms with Gasteiger partial charge < -0.3 is 0 Å². The lowest BCUT2D eigenvalue weighted by Crippen LogP contribution is -2.28. The summed E-state index contributed by atoms with van der Waals surface area (Å²) >= 11 is 5.68. The molecule has 0 N–H and O–H groups in total. The first-order valence-electron chi connectivity index (χ1n) is 2.79. The molecule has 0 amide bonds. The number of hydrazine groups is 1. The maximum absolute atomic E-state index is 5.68. The van der Waals surface area contributed by atoms with Gasteiger partial charge in [-0.3, -0.25) is 0 Å². The largest absolute Gasteiger partial charge is 0.234 e. The van der Waals surface area contributed by atoms with Crippen molar-refractivity contribution >= 4 is 24.2 Å². The van der Waals surface area contributed by atoms with Crippen LogP contribution in [0.5, 0.6) is 0 Å². The molecule has 0 atom stereocenters.